The molecule has 0 amide bonds. The van der Waals surface area contributed by atoms with Crippen molar-refractivity contribution in [2.75, 3.05) is 6.54 Å². The van der Waals surface area contributed by atoms with Crippen LogP contribution in [0.5, 0.6) is 0 Å². The smallest absolute Gasteiger partial charge is 0.158 e. The first-order valence-corrected chi connectivity index (χ1v) is 4.25. The van der Waals surface area contributed by atoms with E-state index in [1.165, 1.54) is 6.92 Å². The van der Waals surface area contributed by atoms with Crippen molar-refractivity contribution >= 4 is 5.78 Å². The Balaban J connectivity index is 4.05. The molecule has 0 aliphatic rings. The zero-order valence-electron chi connectivity index (χ0n) is 8.39. The number of rotatable bonds is 4. The third kappa shape index (κ3) is 5.27. The summed E-state index contributed by atoms with van der Waals surface area (Å²) >= 11 is 0. The van der Waals surface area contributed by atoms with Crippen LogP contribution in [0.2, 0.25) is 0 Å². The van der Waals surface area contributed by atoms with E-state index < -0.39 is 0 Å². The fourth-order valence-electron chi connectivity index (χ4n) is 0.923. The highest BCUT2D eigenvalue weighted by Gasteiger charge is 2.21. The standard InChI is InChI=1S/C9H19NO2/c1-7(11)8(5-6-10)12-9(2,3)4/h8H,5-6,10H2,1-4H3. The Morgan fingerprint density at radius 3 is 2.25 bits per heavy atom. The lowest BCUT2D eigenvalue weighted by Gasteiger charge is -2.25. The Hall–Kier alpha value is -0.410. The van der Waals surface area contributed by atoms with Crippen LogP contribution in [0.15, 0.2) is 0 Å². The highest BCUT2D eigenvalue weighted by Crippen LogP contribution is 2.13. The number of ether oxygens (including phenoxy) is 1. The van der Waals surface area contributed by atoms with E-state index >= 15 is 0 Å². The average molecular weight is 173 g/mol. The molecule has 0 aromatic rings. The van der Waals surface area contributed by atoms with Gasteiger partial charge < -0.3 is 10.5 Å². The van der Waals surface area contributed by atoms with Crippen molar-refractivity contribution in [1.82, 2.24) is 0 Å². The summed E-state index contributed by atoms with van der Waals surface area (Å²) in [5.41, 5.74) is 5.08. The van der Waals surface area contributed by atoms with Crippen LogP contribution in [0.1, 0.15) is 34.1 Å². The molecule has 0 saturated carbocycles. The molecule has 0 spiro atoms. The molecule has 2 N–H and O–H groups in total. The van der Waals surface area contributed by atoms with Crippen LogP contribution in [-0.2, 0) is 9.53 Å². The minimum atomic E-state index is -0.338. The summed E-state index contributed by atoms with van der Waals surface area (Å²) in [6.07, 6.45) is 0.266. The predicted molar refractivity (Wildman–Crippen MR) is 49.0 cm³/mol. The zero-order chi connectivity index (χ0) is 9.78. The summed E-state index contributed by atoms with van der Waals surface area (Å²) in [5, 5.41) is 0. The summed E-state index contributed by atoms with van der Waals surface area (Å²) in [7, 11) is 0. The molecule has 12 heavy (non-hydrogen) atoms. The van der Waals surface area contributed by atoms with Gasteiger partial charge in [0, 0.05) is 0 Å². The zero-order valence-corrected chi connectivity index (χ0v) is 8.39. The number of ketones is 1. The predicted octanol–water partition coefficient (Wildman–Crippen LogP) is 1.11. The maximum Gasteiger partial charge on any atom is 0.158 e. The van der Waals surface area contributed by atoms with Gasteiger partial charge in [-0.1, -0.05) is 0 Å². The molecule has 0 rings (SSSR count). The van der Waals surface area contributed by atoms with Crippen LogP contribution in [0, 0.1) is 0 Å². The highest BCUT2D eigenvalue weighted by molar-refractivity contribution is 5.80. The van der Waals surface area contributed by atoms with E-state index in [1.54, 1.807) is 0 Å². The topological polar surface area (TPSA) is 52.3 Å². The van der Waals surface area contributed by atoms with E-state index in [2.05, 4.69) is 0 Å². The molecular weight excluding hydrogens is 154 g/mol. The third-order valence-electron chi connectivity index (χ3n) is 1.38. The molecule has 3 nitrogen and oxygen atoms in total. The van der Waals surface area contributed by atoms with Crippen LogP contribution in [0.25, 0.3) is 0 Å². The normalized spacial score (nSPS) is 14.4. The minimum Gasteiger partial charge on any atom is -0.365 e. The van der Waals surface area contributed by atoms with Crippen molar-refractivity contribution in [3.63, 3.8) is 0 Å². The van der Waals surface area contributed by atoms with E-state index in [9.17, 15) is 4.79 Å². The summed E-state index contributed by atoms with van der Waals surface area (Å²) in [6.45, 7) is 7.81. The first-order chi connectivity index (χ1) is 5.37. The lowest BCUT2D eigenvalue weighted by Crippen LogP contribution is -2.33. The molecule has 0 aromatic carbocycles. The van der Waals surface area contributed by atoms with Gasteiger partial charge in [0.25, 0.3) is 0 Å². The average Bonchev–Trinajstić information content (AvgIpc) is 1.83. The monoisotopic (exact) mass is 173 g/mol. The maximum atomic E-state index is 11.0. The third-order valence-corrected chi connectivity index (χ3v) is 1.38. The van der Waals surface area contributed by atoms with Crippen molar-refractivity contribution in [3.8, 4) is 0 Å². The molecule has 0 fully saturated rings. The number of carbonyl (C=O) groups is 1. The van der Waals surface area contributed by atoms with Crippen LogP contribution in [-0.4, -0.2) is 24.0 Å². The molecule has 3 heteroatoms. The van der Waals surface area contributed by atoms with E-state index in [4.69, 9.17) is 10.5 Å². The fraction of sp³-hybridized carbons (Fsp3) is 0.889. The minimum absolute atomic E-state index is 0.0513. The second-order valence-corrected chi connectivity index (χ2v) is 3.91. The summed E-state index contributed by atoms with van der Waals surface area (Å²) in [5.74, 6) is 0.0513. The van der Waals surface area contributed by atoms with Crippen LogP contribution < -0.4 is 5.73 Å². The molecule has 0 radical (unpaired) electrons. The Kier molecular flexibility index (Phi) is 4.42. The Morgan fingerprint density at radius 2 is 2.00 bits per heavy atom. The molecule has 0 aromatic heterocycles. The lowest BCUT2D eigenvalue weighted by atomic mass is 10.1. The molecule has 0 bridgehead atoms. The van der Waals surface area contributed by atoms with E-state index in [1.807, 2.05) is 20.8 Å². The molecule has 1 atom stereocenters. The second-order valence-electron chi connectivity index (χ2n) is 3.91. The van der Waals surface area contributed by atoms with Gasteiger partial charge in [-0.25, -0.2) is 0 Å². The van der Waals surface area contributed by atoms with Gasteiger partial charge in [-0.05, 0) is 40.7 Å². The second kappa shape index (κ2) is 4.58. The Bertz CT molecular complexity index is 149. The van der Waals surface area contributed by atoms with Crippen molar-refractivity contribution in [3.05, 3.63) is 0 Å². The van der Waals surface area contributed by atoms with Crippen LogP contribution >= 0.6 is 0 Å². The van der Waals surface area contributed by atoms with Crippen LogP contribution in [0.4, 0.5) is 0 Å². The number of carbonyl (C=O) groups excluding carboxylic acids is 1. The van der Waals surface area contributed by atoms with Gasteiger partial charge in [0.1, 0.15) is 6.10 Å². The van der Waals surface area contributed by atoms with E-state index in [0.29, 0.717) is 13.0 Å². The Labute approximate surface area is 74.3 Å². The van der Waals surface area contributed by atoms with E-state index in [0.717, 1.165) is 0 Å². The highest BCUT2D eigenvalue weighted by atomic mass is 16.5. The molecule has 1 unspecified atom stereocenters. The molecular formula is C9H19NO2. The van der Waals surface area contributed by atoms with Gasteiger partial charge in [0.2, 0.25) is 0 Å². The maximum absolute atomic E-state index is 11.0. The van der Waals surface area contributed by atoms with Crippen molar-refractivity contribution in [2.45, 2.75) is 45.8 Å². The molecule has 0 aliphatic heterocycles. The number of hydrogen-bond acceptors (Lipinski definition) is 3. The van der Waals surface area contributed by atoms with Crippen molar-refractivity contribution < 1.29 is 9.53 Å². The first kappa shape index (κ1) is 11.6. The van der Waals surface area contributed by atoms with Gasteiger partial charge in [0.15, 0.2) is 5.78 Å². The lowest BCUT2D eigenvalue weighted by molar-refractivity contribution is -0.138. The first-order valence-electron chi connectivity index (χ1n) is 4.25. The SMILES string of the molecule is CC(=O)C(CCN)OC(C)(C)C. The summed E-state index contributed by atoms with van der Waals surface area (Å²) < 4.78 is 5.51. The number of nitrogens with two attached hydrogens (primary N) is 1. The van der Waals surface area contributed by atoms with Gasteiger partial charge in [-0.2, -0.15) is 0 Å². The fourth-order valence-corrected chi connectivity index (χ4v) is 0.923. The van der Waals surface area contributed by atoms with Gasteiger partial charge in [-0.3, -0.25) is 4.79 Å². The summed E-state index contributed by atoms with van der Waals surface area (Å²) in [6, 6.07) is 0. The van der Waals surface area contributed by atoms with Crippen LogP contribution in [0.3, 0.4) is 0 Å². The van der Waals surface area contributed by atoms with Gasteiger partial charge >= 0.3 is 0 Å². The van der Waals surface area contributed by atoms with Gasteiger partial charge in [0.05, 0.1) is 5.60 Å². The van der Waals surface area contributed by atoms with E-state index in [-0.39, 0.29) is 17.5 Å². The molecule has 0 aliphatic carbocycles. The summed E-state index contributed by atoms with van der Waals surface area (Å²) in [4.78, 5) is 11.0. The van der Waals surface area contributed by atoms with Crippen molar-refractivity contribution in [2.24, 2.45) is 5.73 Å². The molecule has 0 saturated heterocycles. The Morgan fingerprint density at radius 1 is 1.50 bits per heavy atom. The quantitative estimate of drug-likeness (QED) is 0.692. The molecule has 0 heterocycles. The number of Topliss-reactive ketones (excluding diaryl/α,β-unsaturated/α-hetero) is 1. The largest absolute Gasteiger partial charge is 0.365 e. The number of hydrogen-bond donors (Lipinski definition) is 1. The van der Waals surface area contributed by atoms with Gasteiger partial charge in [-0.15, -0.1) is 0 Å². The molecule has 72 valence electrons. The van der Waals surface area contributed by atoms with Crippen molar-refractivity contribution in [1.29, 1.82) is 0 Å².